The maximum Gasteiger partial charge on any atom is 0.323 e. The summed E-state index contributed by atoms with van der Waals surface area (Å²) in [6.07, 6.45) is 0. The summed E-state index contributed by atoms with van der Waals surface area (Å²) in [4.78, 5) is 22.1. The second-order valence-corrected chi connectivity index (χ2v) is 5.48. The van der Waals surface area contributed by atoms with Crippen LogP contribution in [0.5, 0.6) is 17.2 Å². The molecular formula is C19H15N3O5. The molecule has 27 heavy (non-hydrogen) atoms. The second kappa shape index (κ2) is 7.87. The first-order chi connectivity index (χ1) is 13.0. The van der Waals surface area contributed by atoms with E-state index in [-0.39, 0.29) is 5.69 Å². The van der Waals surface area contributed by atoms with Gasteiger partial charge in [0.25, 0.3) is 0 Å². The van der Waals surface area contributed by atoms with Gasteiger partial charge in [0.15, 0.2) is 5.75 Å². The Kier molecular flexibility index (Phi) is 5.17. The van der Waals surface area contributed by atoms with Crippen molar-refractivity contribution < 1.29 is 19.6 Å². The smallest absolute Gasteiger partial charge is 0.323 e. The molecule has 0 atom stereocenters. The van der Waals surface area contributed by atoms with E-state index >= 15 is 0 Å². The molecule has 0 aliphatic rings. The van der Waals surface area contributed by atoms with Crippen LogP contribution < -0.4 is 15.4 Å². The summed E-state index contributed by atoms with van der Waals surface area (Å²) in [7, 11) is 0. The molecule has 136 valence electrons. The van der Waals surface area contributed by atoms with Crippen LogP contribution in [-0.2, 0) is 0 Å². The van der Waals surface area contributed by atoms with E-state index < -0.39 is 22.4 Å². The number of hydrogen-bond donors (Lipinski definition) is 3. The zero-order valence-corrected chi connectivity index (χ0v) is 14.0. The van der Waals surface area contributed by atoms with Gasteiger partial charge in [-0.25, -0.2) is 4.79 Å². The van der Waals surface area contributed by atoms with Gasteiger partial charge in [-0.05, 0) is 48.5 Å². The molecule has 0 heterocycles. The summed E-state index contributed by atoms with van der Waals surface area (Å²) in [5.41, 5.74) is 0.206. The first-order valence-corrected chi connectivity index (χ1v) is 7.89. The third-order valence-electron chi connectivity index (χ3n) is 3.52. The molecule has 3 rings (SSSR count). The van der Waals surface area contributed by atoms with Crippen LogP contribution in [0.4, 0.5) is 21.9 Å². The lowest BCUT2D eigenvalue weighted by Crippen LogP contribution is -2.19. The lowest BCUT2D eigenvalue weighted by Gasteiger charge is -2.09. The number of nitro benzene ring substituents is 1. The topological polar surface area (TPSA) is 114 Å². The fraction of sp³-hybridized carbons (Fsp3) is 0. The van der Waals surface area contributed by atoms with Crippen molar-refractivity contribution in [3.8, 4) is 17.2 Å². The summed E-state index contributed by atoms with van der Waals surface area (Å²) in [5.74, 6) is 0.839. The van der Waals surface area contributed by atoms with Gasteiger partial charge in [0.1, 0.15) is 11.5 Å². The molecule has 8 heteroatoms. The number of benzene rings is 3. The number of aromatic hydroxyl groups is 1. The van der Waals surface area contributed by atoms with E-state index in [9.17, 15) is 20.0 Å². The average Bonchev–Trinajstić information content (AvgIpc) is 2.65. The number of hydrogen-bond acceptors (Lipinski definition) is 5. The predicted molar refractivity (Wildman–Crippen MR) is 100 cm³/mol. The molecule has 8 nitrogen and oxygen atoms in total. The Hall–Kier alpha value is -4.07. The highest BCUT2D eigenvalue weighted by molar-refractivity contribution is 6.00. The summed E-state index contributed by atoms with van der Waals surface area (Å²) in [5, 5.41) is 25.3. The molecular weight excluding hydrogens is 350 g/mol. The Morgan fingerprint density at radius 3 is 2.15 bits per heavy atom. The number of nitrogens with one attached hydrogen (secondary N) is 2. The quantitative estimate of drug-likeness (QED) is 0.343. The van der Waals surface area contributed by atoms with Gasteiger partial charge in [0.2, 0.25) is 0 Å². The van der Waals surface area contributed by atoms with E-state index in [1.165, 1.54) is 6.07 Å². The molecule has 0 aromatic heterocycles. The largest absolute Gasteiger partial charge is 0.502 e. The van der Waals surface area contributed by atoms with Gasteiger partial charge in [-0.3, -0.25) is 10.1 Å². The summed E-state index contributed by atoms with van der Waals surface area (Å²) in [6.45, 7) is 0. The number of para-hydroxylation sites is 1. The molecule has 3 aromatic rings. The summed E-state index contributed by atoms with van der Waals surface area (Å²) >= 11 is 0. The van der Waals surface area contributed by atoms with Crippen LogP contribution in [0.25, 0.3) is 0 Å². The van der Waals surface area contributed by atoms with E-state index in [1.807, 2.05) is 30.3 Å². The minimum absolute atomic E-state index is 0.182. The average molecular weight is 365 g/mol. The van der Waals surface area contributed by atoms with Crippen LogP contribution in [0.3, 0.4) is 0 Å². The van der Waals surface area contributed by atoms with E-state index in [1.54, 1.807) is 24.3 Å². The maximum absolute atomic E-state index is 12.0. The molecule has 0 bridgehead atoms. The fourth-order valence-corrected chi connectivity index (χ4v) is 2.27. The van der Waals surface area contributed by atoms with Crippen LogP contribution in [0.1, 0.15) is 0 Å². The zero-order valence-electron chi connectivity index (χ0n) is 14.0. The van der Waals surface area contributed by atoms with Gasteiger partial charge in [0, 0.05) is 17.4 Å². The highest BCUT2D eigenvalue weighted by Gasteiger charge is 2.14. The molecule has 0 aliphatic carbocycles. The van der Waals surface area contributed by atoms with Gasteiger partial charge in [-0.2, -0.15) is 0 Å². The van der Waals surface area contributed by atoms with Crippen LogP contribution in [-0.4, -0.2) is 16.1 Å². The van der Waals surface area contributed by atoms with Crippen molar-refractivity contribution in [1.29, 1.82) is 0 Å². The van der Waals surface area contributed by atoms with Crippen LogP contribution in [0, 0.1) is 10.1 Å². The van der Waals surface area contributed by atoms with Crippen molar-refractivity contribution in [3.63, 3.8) is 0 Å². The molecule has 0 aliphatic heterocycles. The SMILES string of the molecule is O=C(Nc1ccc(Oc2ccccc2)cc1)Nc1ccc(O)c([N+](=O)[O-])c1. The van der Waals surface area contributed by atoms with Crippen LogP contribution in [0.2, 0.25) is 0 Å². The normalized spacial score (nSPS) is 10.1. The van der Waals surface area contributed by atoms with E-state index in [4.69, 9.17) is 4.74 Å². The highest BCUT2D eigenvalue weighted by Crippen LogP contribution is 2.28. The predicted octanol–water partition coefficient (Wildman–Crippen LogP) is 4.74. The molecule has 0 spiro atoms. The van der Waals surface area contributed by atoms with Gasteiger partial charge >= 0.3 is 11.7 Å². The molecule has 3 N–H and O–H groups in total. The van der Waals surface area contributed by atoms with Gasteiger partial charge < -0.3 is 20.5 Å². The van der Waals surface area contributed by atoms with Crippen molar-refractivity contribution in [2.45, 2.75) is 0 Å². The number of carbonyl (C=O) groups excluding carboxylic acids is 1. The van der Waals surface area contributed by atoms with Gasteiger partial charge in [-0.15, -0.1) is 0 Å². The molecule has 0 saturated carbocycles. The number of phenols is 1. The van der Waals surface area contributed by atoms with Crippen molar-refractivity contribution >= 4 is 23.1 Å². The Morgan fingerprint density at radius 1 is 0.889 bits per heavy atom. The maximum atomic E-state index is 12.0. The number of ether oxygens (including phenoxy) is 1. The number of nitrogens with zero attached hydrogens (tertiary/aromatic N) is 1. The number of urea groups is 1. The Labute approximate surface area is 154 Å². The van der Waals surface area contributed by atoms with Crippen molar-refractivity contribution in [2.24, 2.45) is 0 Å². The molecule has 0 saturated heterocycles. The highest BCUT2D eigenvalue weighted by atomic mass is 16.6. The molecule has 0 radical (unpaired) electrons. The minimum Gasteiger partial charge on any atom is -0.502 e. The van der Waals surface area contributed by atoms with E-state index in [2.05, 4.69) is 10.6 Å². The standard InChI is InChI=1S/C19H15N3O5/c23-18-11-8-14(12-17(18)22(25)26)21-19(24)20-13-6-9-16(10-7-13)27-15-4-2-1-3-5-15/h1-12,23H,(H2,20,21,24). The van der Waals surface area contributed by atoms with Gasteiger partial charge in [-0.1, -0.05) is 18.2 Å². The van der Waals surface area contributed by atoms with Crippen LogP contribution in [0.15, 0.2) is 72.8 Å². The number of amides is 2. The van der Waals surface area contributed by atoms with Crippen molar-refractivity contribution in [1.82, 2.24) is 0 Å². The number of anilines is 2. The van der Waals surface area contributed by atoms with E-state index in [0.717, 1.165) is 12.1 Å². The van der Waals surface area contributed by atoms with Crippen molar-refractivity contribution in [3.05, 3.63) is 82.9 Å². The summed E-state index contributed by atoms with van der Waals surface area (Å²) in [6, 6.07) is 19.0. The lowest BCUT2D eigenvalue weighted by molar-refractivity contribution is -0.385. The molecule has 0 fully saturated rings. The number of nitro groups is 1. The molecule has 2 amide bonds. The number of phenolic OH excluding ortho intramolecular Hbond substituents is 1. The molecule has 3 aromatic carbocycles. The summed E-state index contributed by atoms with van der Waals surface area (Å²) < 4.78 is 5.66. The Bertz CT molecular complexity index is 959. The zero-order chi connectivity index (χ0) is 19.2. The third kappa shape index (κ3) is 4.73. The first-order valence-electron chi connectivity index (χ1n) is 7.89. The third-order valence-corrected chi connectivity index (χ3v) is 3.52. The first kappa shape index (κ1) is 17.7. The minimum atomic E-state index is -0.732. The van der Waals surface area contributed by atoms with Gasteiger partial charge in [0.05, 0.1) is 4.92 Å². The van der Waals surface area contributed by atoms with E-state index in [0.29, 0.717) is 17.2 Å². The number of rotatable bonds is 5. The molecule has 0 unspecified atom stereocenters. The Balaban J connectivity index is 1.61. The fourth-order valence-electron chi connectivity index (χ4n) is 2.27. The second-order valence-electron chi connectivity index (χ2n) is 5.48. The van der Waals surface area contributed by atoms with Crippen molar-refractivity contribution in [2.75, 3.05) is 10.6 Å². The monoisotopic (exact) mass is 365 g/mol. The number of carbonyl (C=O) groups is 1. The lowest BCUT2D eigenvalue weighted by atomic mass is 10.2. The van der Waals surface area contributed by atoms with Crippen LogP contribution >= 0.6 is 0 Å². The Morgan fingerprint density at radius 2 is 1.48 bits per heavy atom.